The van der Waals surface area contributed by atoms with E-state index >= 15 is 0 Å². The Morgan fingerprint density at radius 3 is 2.44 bits per heavy atom. The lowest BCUT2D eigenvalue weighted by molar-refractivity contribution is 0.253. The molecule has 0 saturated heterocycles. The zero-order valence-electron chi connectivity index (χ0n) is 11.3. The van der Waals surface area contributed by atoms with Crippen molar-refractivity contribution >= 4 is 0 Å². The third kappa shape index (κ3) is 3.11. The molecule has 0 aliphatic carbocycles. The second kappa shape index (κ2) is 6.56. The number of aliphatic hydroxyl groups is 1. The molecule has 0 unspecified atom stereocenters. The van der Waals surface area contributed by atoms with E-state index in [-0.39, 0.29) is 17.8 Å². The highest BCUT2D eigenvalue weighted by atomic mass is 16.3. The van der Waals surface area contributed by atoms with Crippen LogP contribution in [0.5, 0.6) is 5.75 Å². The molecule has 5 nitrogen and oxygen atoms in total. The van der Waals surface area contributed by atoms with Gasteiger partial charge in [-0.1, -0.05) is 13.8 Å². The van der Waals surface area contributed by atoms with Gasteiger partial charge in [0.1, 0.15) is 0 Å². The van der Waals surface area contributed by atoms with Crippen LogP contribution in [0.3, 0.4) is 0 Å². The first-order valence-corrected chi connectivity index (χ1v) is 6.30. The third-order valence-corrected chi connectivity index (χ3v) is 3.19. The number of aryl methyl sites for hydroxylation is 1. The Morgan fingerprint density at radius 2 is 1.94 bits per heavy atom. The quantitative estimate of drug-likeness (QED) is 0.784. The zero-order valence-corrected chi connectivity index (χ0v) is 11.3. The smallest absolute Gasteiger partial charge is 0.223 e. The molecule has 0 fully saturated rings. The molecule has 0 aliphatic heterocycles. The normalized spacial score (nSPS) is 11.2. The molecule has 0 saturated carbocycles. The molecular weight excluding hydrogens is 232 g/mol. The Morgan fingerprint density at radius 1 is 1.33 bits per heavy atom. The highest BCUT2D eigenvalue weighted by molar-refractivity contribution is 5.29. The van der Waals surface area contributed by atoms with Crippen molar-refractivity contribution in [2.75, 3.05) is 19.7 Å². The van der Waals surface area contributed by atoms with Crippen molar-refractivity contribution < 1.29 is 10.2 Å². The number of rotatable bonds is 6. The van der Waals surface area contributed by atoms with Crippen molar-refractivity contribution in [3.8, 4) is 5.75 Å². The Balaban J connectivity index is 3.24. The molecule has 18 heavy (non-hydrogen) atoms. The molecule has 0 radical (unpaired) electrons. The van der Waals surface area contributed by atoms with Gasteiger partial charge in [-0.05, 0) is 20.0 Å². The van der Waals surface area contributed by atoms with Crippen LogP contribution in [0, 0.1) is 6.92 Å². The van der Waals surface area contributed by atoms with Gasteiger partial charge in [0.15, 0.2) is 5.75 Å². The summed E-state index contributed by atoms with van der Waals surface area (Å²) in [6, 6.07) is 1.40. The predicted molar refractivity (Wildman–Crippen MR) is 70.8 cm³/mol. The van der Waals surface area contributed by atoms with E-state index < -0.39 is 0 Å². The minimum absolute atomic E-state index is 0.0194. The van der Waals surface area contributed by atoms with E-state index in [1.807, 2.05) is 20.8 Å². The Bertz CT molecular complexity index is 450. The molecule has 0 aliphatic rings. The van der Waals surface area contributed by atoms with Gasteiger partial charge >= 0.3 is 0 Å². The van der Waals surface area contributed by atoms with Crippen LogP contribution in [0.15, 0.2) is 10.9 Å². The summed E-state index contributed by atoms with van der Waals surface area (Å²) in [5, 5.41) is 19.0. The molecule has 102 valence electrons. The van der Waals surface area contributed by atoms with Crippen LogP contribution >= 0.6 is 0 Å². The van der Waals surface area contributed by atoms with Crippen LogP contribution < -0.4 is 5.43 Å². The number of aromatic hydroxyl groups is 1. The van der Waals surface area contributed by atoms with Crippen molar-refractivity contribution in [3.63, 3.8) is 0 Å². The van der Waals surface area contributed by atoms with Gasteiger partial charge in [0.2, 0.25) is 5.43 Å². The maximum atomic E-state index is 11.6. The van der Waals surface area contributed by atoms with Crippen molar-refractivity contribution in [1.82, 2.24) is 9.47 Å². The van der Waals surface area contributed by atoms with Crippen LogP contribution in [0.4, 0.5) is 0 Å². The lowest BCUT2D eigenvalue weighted by atomic mass is 10.2. The molecule has 0 spiro atoms. The maximum Gasteiger partial charge on any atom is 0.223 e. The summed E-state index contributed by atoms with van der Waals surface area (Å²) in [6.07, 6.45) is 0. The lowest BCUT2D eigenvalue weighted by Gasteiger charge is -2.23. The SMILES string of the molecule is CCN(CC)Cc1c(O)c(=O)cc(C)n1CCO. The van der Waals surface area contributed by atoms with Gasteiger partial charge in [0.25, 0.3) is 0 Å². The van der Waals surface area contributed by atoms with E-state index in [0.717, 1.165) is 18.8 Å². The summed E-state index contributed by atoms with van der Waals surface area (Å²) in [7, 11) is 0. The minimum atomic E-state index is -0.358. The molecule has 0 amide bonds. The average Bonchev–Trinajstić information content (AvgIpc) is 2.36. The zero-order chi connectivity index (χ0) is 13.7. The molecule has 1 aromatic rings. The van der Waals surface area contributed by atoms with E-state index in [0.29, 0.717) is 18.8 Å². The summed E-state index contributed by atoms with van der Waals surface area (Å²) in [6.45, 7) is 8.44. The fourth-order valence-corrected chi connectivity index (χ4v) is 2.05. The largest absolute Gasteiger partial charge is 0.503 e. The lowest BCUT2D eigenvalue weighted by Crippen LogP contribution is -2.27. The first-order chi connectivity index (χ1) is 8.54. The number of hydrogen-bond acceptors (Lipinski definition) is 4. The summed E-state index contributed by atoms with van der Waals surface area (Å²) in [4.78, 5) is 13.7. The molecule has 0 bridgehead atoms. The van der Waals surface area contributed by atoms with Crippen molar-refractivity contribution in [2.24, 2.45) is 0 Å². The standard InChI is InChI=1S/C13H22N2O3/c1-4-14(5-2)9-11-13(18)12(17)8-10(3)15(11)6-7-16/h8,16,18H,4-7,9H2,1-3H3. The topological polar surface area (TPSA) is 65.7 Å². The van der Waals surface area contributed by atoms with Crippen LogP contribution in [0.2, 0.25) is 0 Å². The highest BCUT2D eigenvalue weighted by Gasteiger charge is 2.14. The minimum Gasteiger partial charge on any atom is -0.503 e. The third-order valence-electron chi connectivity index (χ3n) is 3.19. The summed E-state index contributed by atoms with van der Waals surface area (Å²) < 4.78 is 1.80. The highest BCUT2D eigenvalue weighted by Crippen LogP contribution is 2.16. The number of aromatic nitrogens is 1. The molecule has 5 heteroatoms. The number of hydrogen-bond donors (Lipinski definition) is 2. The molecule has 1 aromatic heterocycles. The Hall–Kier alpha value is -1.33. The Labute approximate surface area is 107 Å². The van der Waals surface area contributed by atoms with Gasteiger partial charge in [-0.2, -0.15) is 0 Å². The summed E-state index contributed by atoms with van der Waals surface area (Å²) in [5.74, 6) is -0.207. The van der Waals surface area contributed by atoms with Crippen molar-refractivity contribution in [1.29, 1.82) is 0 Å². The number of pyridine rings is 1. The first-order valence-electron chi connectivity index (χ1n) is 6.30. The number of nitrogens with zero attached hydrogens (tertiary/aromatic N) is 2. The van der Waals surface area contributed by atoms with E-state index in [9.17, 15) is 9.90 Å². The van der Waals surface area contributed by atoms with Crippen molar-refractivity contribution in [3.05, 3.63) is 27.7 Å². The van der Waals surface area contributed by atoms with Gasteiger partial charge in [-0.15, -0.1) is 0 Å². The fraction of sp³-hybridized carbons (Fsp3) is 0.615. The Kier molecular flexibility index (Phi) is 5.37. The molecular formula is C13H22N2O3. The van der Waals surface area contributed by atoms with E-state index in [2.05, 4.69) is 4.90 Å². The van der Waals surface area contributed by atoms with Gasteiger partial charge < -0.3 is 14.8 Å². The van der Waals surface area contributed by atoms with Gasteiger partial charge in [0, 0.05) is 24.8 Å². The van der Waals surface area contributed by atoms with Crippen LogP contribution in [0.1, 0.15) is 25.2 Å². The van der Waals surface area contributed by atoms with Gasteiger partial charge in [-0.25, -0.2) is 0 Å². The molecule has 0 atom stereocenters. The summed E-state index contributed by atoms with van der Waals surface area (Å²) >= 11 is 0. The van der Waals surface area contributed by atoms with Gasteiger partial charge in [-0.3, -0.25) is 9.69 Å². The van der Waals surface area contributed by atoms with Gasteiger partial charge in [0.05, 0.1) is 12.3 Å². The number of aliphatic hydroxyl groups excluding tert-OH is 1. The first kappa shape index (κ1) is 14.7. The molecule has 1 rings (SSSR count). The molecule has 0 aromatic carbocycles. The monoisotopic (exact) mass is 254 g/mol. The van der Waals surface area contributed by atoms with E-state index in [1.165, 1.54) is 6.07 Å². The average molecular weight is 254 g/mol. The van der Waals surface area contributed by atoms with Crippen LogP contribution in [-0.4, -0.2) is 39.4 Å². The van der Waals surface area contributed by atoms with E-state index in [1.54, 1.807) is 4.57 Å². The van der Waals surface area contributed by atoms with Crippen LogP contribution in [-0.2, 0) is 13.1 Å². The maximum absolute atomic E-state index is 11.6. The second-order valence-corrected chi connectivity index (χ2v) is 4.28. The predicted octanol–water partition coefficient (Wildman–Crippen LogP) is 0.696. The van der Waals surface area contributed by atoms with E-state index in [4.69, 9.17) is 5.11 Å². The fourth-order valence-electron chi connectivity index (χ4n) is 2.05. The van der Waals surface area contributed by atoms with Crippen molar-refractivity contribution in [2.45, 2.75) is 33.9 Å². The molecule has 1 heterocycles. The van der Waals surface area contributed by atoms with Crippen LogP contribution in [0.25, 0.3) is 0 Å². The summed E-state index contributed by atoms with van der Waals surface area (Å²) in [5.41, 5.74) is 0.982. The second-order valence-electron chi connectivity index (χ2n) is 4.28. The molecule has 2 N–H and O–H groups in total.